The van der Waals surface area contributed by atoms with Crippen molar-refractivity contribution in [2.24, 2.45) is 0 Å². The highest BCUT2D eigenvalue weighted by Gasteiger charge is 2.42. The van der Waals surface area contributed by atoms with Crippen LogP contribution in [0.3, 0.4) is 0 Å². The number of para-hydroxylation sites is 1. The van der Waals surface area contributed by atoms with Gasteiger partial charge in [-0.15, -0.1) is 0 Å². The first-order valence-electron chi connectivity index (χ1n) is 11.5. The summed E-state index contributed by atoms with van der Waals surface area (Å²) in [6.07, 6.45) is 2.29. The Morgan fingerprint density at radius 1 is 0.735 bits per heavy atom. The van der Waals surface area contributed by atoms with Gasteiger partial charge in [0.25, 0.3) is 0 Å². The summed E-state index contributed by atoms with van der Waals surface area (Å²) in [5.41, 5.74) is 4.77. The number of amides is 1. The molecule has 5 aromatic rings. The molecule has 4 aromatic carbocycles. The monoisotopic (exact) mass is 442 g/mol. The van der Waals surface area contributed by atoms with Crippen LogP contribution in [0.25, 0.3) is 10.9 Å². The number of fused-ring (bicyclic) bond motifs is 1. The number of aryl methyl sites for hydroxylation is 1. The van der Waals surface area contributed by atoms with Gasteiger partial charge in [-0.25, -0.2) is 0 Å². The normalized spacial score (nSPS) is 11.3. The lowest BCUT2D eigenvalue weighted by Crippen LogP contribution is -2.43. The molecule has 34 heavy (non-hydrogen) atoms. The van der Waals surface area contributed by atoms with Crippen LogP contribution in [0.5, 0.6) is 0 Å². The Morgan fingerprint density at radius 3 is 2.00 bits per heavy atom. The van der Waals surface area contributed by atoms with E-state index in [0.717, 1.165) is 27.6 Å². The van der Waals surface area contributed by atoms with Crippen molar-refractivity contribution in [1.29, 1.82) is 0 Å². The van der Waals surface area contributed by atoms with Crippen molar-refractivity contribution in [3.63, 3.8) is 0 Å². The van der Waals surface area contributed by atoms with Crippen molar-refractivity contribution >= 4 is 22.5 Å². The molecule has 0 saturated heterocycles. The minimum atomic E-state index is -0.922. The topological polar surface area (TPSA) is 42.0 Å². The fraction of sp³-hybridized carbons (Fsp3) is 0.0968. The van der Waals surface area contributed by atoms with E-state index in [2.05, 4.69) is 41.5 Å². The van der Waals surface area contributed by atoms with E-state index >= 15 is 0 Å². The maximum atomic E-state index is 14.4. The number of nitrogens with one attached hydrogen (secondary N) is 1. The summed E-state index contributed by atoms with van der Waals surface area (Å²) in [5, 5.41) is 4.24. The van der Waals surface area contributed by atoms with Crippen LogP contribution in [0.15, 0.2) is 121 Å². The molecule has 1 heterocycles. The maximum absolute atomic E-state index is 14.4. The van der Waals surface area contributed by atoms with E-state index in [1.807, 2.05) is 91.0 Å². The minimum absolute atomic E-state index is 0.0800. The summed E-state index contributed by atoms with van der Waals surface area (Å²) in [6.45, 7) is 2.08. The van der Waals surface area contributed by atoms with E-state index < -0.39 is 5.41 Å². The van der Waals surface area contributed by atoms with Crippen LogP contribution in [0.4, 0.5) is 5.69 Å². The third kappa shape index (κ3) is 4.08. The molecule has 0 spiro atoms. The van der Waals surface area contributed by atoms with Gasteiger partial charge >= 0.3 is 0 Å². The zero-order chi connectivity index (χ0) is 23.4. The Kier molecular flexibility index (Phi) is 5.92. The van der Waals surface area contributed by atoms with E-state index in [1.54, 1.807) is 6.20 Å². The minimum Gasteiger partial charge on any atom is -0.323 e. The summed E-state index contributed by atoms with van der Waals surface area (Å²) < 4.78 is 0. The number of rotatable bonds is 6. The molecule has 0 aliphatic carbocycles. The van der Waals surface area contributed by atoms with Crippen molar-refractivity contribution in [3.8, 4) is 0 Å². The Morgan fingerprint density at radius 2 is 1.35 bits per heavy atom. The van der Waals surface area contributed by atoms with Gasteiger partial charge < -0.3 is 5.32 Å². The number of carbonyl (C=O) groups excluding carboxylic acids is 1. The predicted octanol–water partition coefficient (Wildman–Crippen LogP) is 6.71. The van der Waals surface area contributed by atoms with Gasteiger partial charge in [-0.1, -0.05) is 109 Å². The van der Waals surface area contributed by atoms with E-state index in [4.69, 9.17) is 0 Å². The fourth-order valence-corrected chi connectivity index (χ4v) is 4.60. The SMILES string of the molecule is Cc1ccc(CC(C(=O)Nc2cccc3cccnc23)(c2ccccc2)c2ccccc2)cc1. The average molecular weight is 443 g/mol. The van der Waals surface area contributed by atoms with Gasteiger partial charge in [-0.2, -0.15) is 0 Å². The Labute approximate surface area is 200 Å². The Bertz CT molecular complexity index is 1370. The number of nitrogens with zero attached hydrogens (tertiary/aromatic N) is 1. The molecule has 0 saturated carbocycles. The molecular formula is C31H26N2O. The number of anilines is 1. The van der Waals surface area contributed by atoms with Crippen LogP contribution in [-0.4, -0.2) is 10.9 Å². The van der Waals surface area contributed by atoms with Crippen LogP contribution < -0.4 is 5.32 Å². The molecule has 1 N–H and O–H groups in total. The standard InChI is InChI=1S/C31H26N2O/c1-23-17-19-24(20-18-23)22-31(26-12-4-2-5-13-26,27-14-6-3-7-15-27)30(34)33-28-16-8-10-25-11-9-21-32-29(25)28/h2-21H,22H2,1H3,(H,33,34). The highest BCUT2D eigenvalue weighted by atomic mass is 16.2. The molecular weight excluding hydrogens is 416 g/mol. The summed E-state index contributed by atoms with van der Waals surface area (Å²) in [7, 11) is 0. The first-order chi connectivity index (χ1) is 16.7. The van der Waals surface area contributed by atoms with Crippen molar-refractivity contribution in [2.45, 2.75) is 18.8 Å². The van der Waals surface area contributed by atoms with E-state index in [1.165, 1.54) is 5.56 Å². The van der Waals surface area contributed by atoms with Crippen molar-refractivity contribution < 1.29 is 4.79 Å². The van der Waals surface area contributed by atoms with Gasteiger partial charge in [0, 0.05) is 11.6 Å². The van der Waals surface area contributed by atoms with Gasteiger partial charge in [0.05, 0.1) is 11.2 Å². The molecule has 3 heteroatoms. The lowest BCUT2D eigenvalue weighted by molar-refractivity contribution is -0.120. The van der Waals surface area contributed by atoms with Crippen molar-refractivity contribution in [1.82, 2.24) is 4.98 Å². The lowest BCUT2D eigenvalue weighted by Gasteiger charge is -2.34. The van der Waals surface area contributed by atoms with Gasteiger partial charge in [0.2, 0.25) is 5.91 Å². The molecule has 0 bridgehead atoms. The molecule has 0 atom stereocenters. The second-order valence-electron chi connectivity index (χ2n) is 8.63. The highest BCUT2D eigenvalue weighted by molar-refractivity contribution is 6.06. The molecule has 0 fully saturated rings. The number of hydrogen-bond donors (Lipinski definition) is 1. The summed E-state index contributed by atoms with van der Waals surface area (Å²) in [4.78, 5) is 19.0. The van der Waals surface area contributed by atoms with Gasteiger partial charge in [0.1, 0.15) is 5.41 Å². The lowest BCUT2D eigenvalue weighted by atomic mass is 9.69. The number of carbonyl (C=O) groups is 1. The molecule has 3 nitrogen and oxygen atoms in total. The first kappa shape index (κ1) is 21.6. The quantitative estimate of drug-likeness (QED) is 0.317. The zero-order valence-corrected chi connectivity index (χ0v) is 19.1. The van der Waals surface area contributed by atoms with Crippen LogP contribution in [0.2, 0.25) is 0 Å². The van der Waals surface area contributed by atoms with Crippen molar-refractivity contribution in [3.05, 3.63) is 144 Å². The smallest absolute Gasteiger partial charge is 0.239 e. The van der Waals surface area contributed by atoms with Crippen molar-refractivity contribution in [2.75, 3.05) is 5.32 Å². The molecule has 166 valence electrons. The van der Waals surface area contributed by atoms with Crippen LogP contribution >= 0.6 is 0 Å². The van der Waals surface area contributed by atoms with Gasteiger partial charge in [-0.3, -0.25) is 9.78 Å². The molecule has 5 rings (SSSR count). The second-order valence-corrected chi connectivity index (χ2v) is 8.63. The number of aromatic nitrogens is 1. The van der Waals surface area contributed by atoms with Crippen LogP contribution in [-0.2, 0) is 16.6 Å². The van der Waals surface area contributed by atoms with E-state index in [0.29, 0.717) is 12.1 Å². The Balaban J connectivity index is 1.69. The van der Waals surface area contributed by atoms with E-state index in [-0.39, 0.29) is 5.91 Å². The summed E-state index contributed by atoms with van der Waals surface area (Å²) in [6, 6.07) is 38.3. The molecule has 1 amide bonds. The first-order valence-corrected chi connectivity index (χ1v) is 11.5. The fourth-order valence-electron chi connectivity index (χ4n) is 4.60. The molecule has 0 unspecified atom stereocenters. The number of benzene rings is 4. The Hall–Kier alpha value is -4.24. The van der Waals surface area contributed by atoms with Crippen LogP contribution in [0, 0.1) is 6.92 Å². The molecule has 0 aliphatic heterocycles. The number of pyridine rings is 1. The summed E-state index contributed by atoms with van der Waals surface area (Å²) >= 11 is 0. The maximum Gasteiger partial charge on any atom is 0.239 e. The van der Waals surface area contributed by atoms with Gasteiger partial charge in [0.15, 0.2) is 0 Å². The number of hydrogen-bond acceptors (Lipinski definition) is 2. The largest absolute Gasteiger partial charge is 0.323 e. The van der Waals surface area contributed by atoms with E-state index in [9.17, 15) is 4.79 Å². The van der Waals surface area contributed by atoms with Gasteiger partial charge in [-0.05, 0) is 42.2 Å². The van der Waals surface area contributed by atoms with Crippen LogP contribution in [0.1, 0.15) is 22.3 Å². The zero-order valence-electron chi connectivity index (χ0n) is 19.1. The predicted molar refractivity (Wildman–Crippen MR) is 139 cm³/mol. The third-order valence-corrected chi connectivity index (χ3v) is 6.39. The second kappa shape index (κ2) is 9.32. The third-order valence-electron chi connectivity index (χ3n) is 6.39. The molecule has 0 aliphatic rings. The highest BCUT2D eigenvalue weighted by Crippen LogP contribution is 2.38. The molecule has 1 aromatic heterocycles. The molecule has 0 radical (unpaired) electrons. The summed E-state index contributed by atoms with van der Waals surface area (Å²) in [5.74, 6) is -0.0800. The average Bonchev–Trinajstić information content (AvgIpc) is 2.89.